The standard InChI is InChI=1S/C22H23N5O9S/c1-34-21(28)8-10-26(11-9-22(29)35-2)16-4-7-19(20(13-16)36-37(3,32)33)25-24-18-6-5-17(27(30)31)12-15(18)14-23/h4-7,12-13H,8-11H2,1-3H3. The van der Waals surface area contributed by atoms with E-state index in [2.05, 4.69) is 19.7 Å². The van der Waals surface area contributed by atoms with E-state index in [1.807, 2.05) is 0 Å². The number of hydrogen-bond donors (Lipinski definition) is 0. The highest BCUT2D eigenvalue weighted by Gasteiger charge is 2.17. The fourth-order valence-electron chi connectivity index (χ4n) is 2.96. The first-order valence-corrected chi connectivity index (χ1v) is 12.3. The molecule has 0 atom stereocenters. The molecule has 0 radical (unpaired) electrons. The van der Waals surface area contributed by atoms with Gasteiger partial charge in [0.2, 0.25) is 0 Å². The highest BCUT2D eigenvalue weighted by Crippen LogP contribution is 2.35. The molecule has 0 unspecified atom stereocenters. The van der Waals surface area contributed by atoms with Gasteiger partial charge in [-0.1, -0.05) is 0 Å². The average molecular weight is 534 g/mol. The molecule has 196 valence electrons. The summed E-state index contributed by atoms with van der Waals surface area (Å²) in [5.41, 5.74) is -0.0343. The number of esters is 2. The SMILES string of the molecule is COC(=O)CCN(CCC(=O)OC)c1ccc(N=Nc2ccc([N+](=O)[O-])cc2C#N)c(OS(C)(=O)=O)c1. The minimum Gasteiger partial charge on any atom is -0.469 e. The Morgan fingerprint density at radius 1 is 1.03 bits per heavy atom. The molecule has 0 heterocycles. The monoisotopic (exact) mass is 533 g/mol. The maximum Gasteiger partial charge on any atom is 0.307 e. The Hall–Kier alpha value is -4.58. The minimum atomic E-state index is -4.01. The molecule has 0 aliphatic carbocycles. The van der Waals surface area contributed by atoms with Gasteiger partial charge < -0.3 is 18.6 Å². The van der Waals surface area contributed by atoms with Gasteiger partial charge in [0, 0.05) is 37.0 Å². The van der Waals surface area contributed by atoms with Crippen LogP contribution in [0.4, 0.5) is 22.7 Å². The molecule has 0 aliphatic rings. The number of methoxy groups -OCH3 is 2. The van der Waals surface area contributed by atoms with Crippen LogP contribution in [0.3, 0.4) is 0 Å². The molecule has 0 bridgehead atoms. The number of rotatable bonds is 12. The van der Waals surface area contributed by atoms with E-state index in [-0.39, 0.29) is 54.3 Å². The van der Waals surface area contributed by atoms with Gasteiger partial charge in [-0.2, -0.15) is 13.7 Å². The van der Waals surface area contributed by atoms with Crippen molar-refractivity contribution in [2.24, 2.45) is 10.2 Å². The van der Waals surface area contributed by atoms with Gasteiger partial charge in [-0.05, 0) is 18.2 Å². The molecule has 0 saturated heterocycles. The van der Waals surface area contributed by atoms with E-state index in [1.165, 1.54) is 32.4 Å². The van der Waals surface area contributed by atoms with E-state index < -0.39 is 27.0 Å². The quantitative estimate of drug-likeness (QED) is 0.128. The zero-order valence-electron chi connectivity index (χ0n) is 20.1. The van der Waals surface area contributed by atoms with Crippen molar-refractivity contribution in [3.8, 4) is 11.8 Å². The van der Waals surface area contributed by atoms with Gasteiger partial charge >= 0.3 is 22.1 Å². The van der Waals surface area contributed by atoms with Gasteiger partial charge in [0.1, 0.15) is 17.4 Å². The van der Waals surface area contributed by atoms with E-state index in [0.717, 1.165) is 18.4 Å². The van der Waals surface area contributed by atoms with Crippen LogP contribution in [0.25, 0.3) is 0 Å². The smallest absolute Gasteiger partial charge is 0.307 e. The number of carbonyl (C=O) groups excluding carboxylic acids is 2. The number of benzene rings is 2. The van der Waals surface area contributed by atoms with Crippen LogP contribution in [-0.4, -0.2) is 58.8 Å². The van der Waals surface area contributed by atoms with E-state index in [9.17, 15) is 33.4 Å². The molecule has 0 aromatic heterocycles. The largest absolute Gasteiger partial charge is 0.469 e. The van der Waals surface area contributed by atoms with Crippen molar-refractivity contribution in [1.82, 2.24) is 0 Å². The highest BCUT2D eigenvalue weighted by atomic mass is 32.2. The maximum absolute atomic E-state index is 11.9. The van der Waals surface area contributed by atoms with Crippen LogP contribution in [0.2, 0.25) is 0 Å². The molecule has 2 rings (SSSR count). The van der Waals surface area contributed by atoms with Crippen LogP contribution >= 0.6 is 0 Å². The first-order chi connectivity index (χ1) is 17.5. The predicted octanol–water partition coefficient (Wildman–Crippen LogP) is 3.15. The van der Waals surface area contributed by atoms with Gasteiger partial charge in [-0.3, -0.25) is 19.7 Å². The molecule has 0 spiro atoms. The van der Waals surface area contributed by atoms with Crippen molar-refractivity contribution in [3.63, 3.8) is 0 Å². The van der Waals surface area contributed by atoms with Crippen molar-refractivity contribution in [3.05, 3.63) is 52.1 Å². The Labute approximate surface area is 212 Å². The fraction of sp³-hybridized carbons (Fsp3) is 0.318. The van der Waals surface area contributed by atoms with Crippen molar-refractivity contribution >= 4 is 44.8 Å². The Morgan fingerprint density at radius 2 is 1.59 bits per heavy atom. The lowest BCUT2D eigenvalue weighted by Crippen LogP contribution is -2.29. The second-order valence-electron chi connectivity index (χ2n) is 7.35. The van der Waals surface area contributed by atoms with Crippen molar-refractivity contribution in [2.45, 2.75) is 12.8 Å². The van der Waals surface area contributed by atoms with Crippen LogP contribution in [0, 0.1) is 21.4 Å². The number of nitriles is 1. The molecule has 37 heavy (non-hydrogen) atoms. The number of carbonyl (C=O) groups is 2. The Kier molecular flexibility index (Phi) is 10.0. The normalized spacial score (nSPS) is 11.0. The second kappa shape index (κ2) is 12.9. The minimum absolute atomic E-state index is 0.0141. The molecule has 14 nitrogen and oxygen atoms in total. The maximum atomic E-state index is 11.9. The number of anilines is 1. The Balaban J connectivity index is 2.47. The lowest BCUT2D eigenvalue weighted by Gasteiger charge is -2.24. The van der Waals surface area contributed by atoms with E-state index >= 15 is 0 Å². The number of non-ortho nitro benzene ring substituents is 1. The third-order valence-electron chi connectivity index (χ3n) is 4.75. The summed E-state index contributed by atoms with van der Waals surface area (Å²) in [4.78, 5) is 35.2. The van der Waals surface area contributed by atoms with Crippen LogP contribution < -0.4 is 9.08 Å². The fourth-order valence-corrected chi connectivity index (χ4v) is 3.42. The summed E-state index contributed by atoms with van der Waals surface area (Å²) in [5, 5.41) is 28.1. The molecule has 2 aromatic rings. The number of hydrogen-bond acceptors (Lipinski definition) is 13. The number of nitrogens with zero attached hydrogens (tertiary/aromatic N) is 5. The molecule has 0 amide bonds. The van der Waals surface area contributed by atoms with Gasteiger partial charge in [-0.15, -0.1) is 10.2 Å². The van der Waals surface area contributed by atoms with Crippen LogP contribution in [-0.2, 0) is 29.2 Å². The zero-order chi connectivity index (χ0) is 27.6. The average Bonchev–Trinajstić information content (AvgIpc) is 2.86. The van der Waals surface area contributed by atoms with Gasteiger partial charge in [-0.25, -0.2) is 0 Å². The lowest BCUT2D eigenvalue weighted by atomic mass is 10.2. The summed E-state index contributed by atoms with van der Waals surface area (Å²) in [7, 11) is -1.53. The molecule has 2 aromatic carbocycles. The third kappa shape index (κ3) is 8.85. The molecule has 0 saturated carbocycles. The highest BCUT2D eigenvalue weighted by molar-refractivity contribution is 7.86. The van der Waals surface area contributed by atoms with E-state index in [0.29, 0.717) is 5.69 Å². The van der Waals surface area contributed by atoms with Gasteiger partial charge in [0.25, 0.3) is 5.69 Å². The Bertz CT molecular complexity index is 1330. The predicted molar refractivity (Wildman–Crippen MR) is 129 cm³/mol. The molecule has 15 heteroatoms. The molecule has 0 aliphatic heterocycles. The molecule has 0 fully saturated rings. The molecule has 0 N–H and O–H groups in total. The first-order valence-electron chi connectivity index (χ1n) is 10.5. The van der Waals surface area contributed by atoms with Crippen molar-refractivity contribution in [1.29, 1.82) is 5.26 Å². The summed E-state index contributed by atoms with van der Waals surface area (Å²) in [5.74, 6) is -1.19. The molecular weight excluding hydrogens is 510 g/mol. The Morgan fingerprint density at radius 3 is 2.11 bits per heavy atom. The van der Waals surface area contributed by atoms with E-state index in [4.69, 9.17) is 4.18 Å². The summed E-state index contributed by atoms with van der Waals surface area (Å²) in [6.07, 6.45) is 0.800. The topological polar surface area (TPSA) is 191 Å². The van der Waals surface area contributed by atoms with E-state index in [1.54, 1.807) is 17.0 Å². The van der Waals surface area contributed by atoms with Crippen LogP contribution in [0.1, 0.15) is 18.4 Å². The third-order valence-corrected chi connectivity index (χ3v) is 5.24. The van der Waals surface area contributed by atoms with Gasteiger partial charge in [0.05, 0.1) is 43.8 Å². The zero-order valence-corrected chi connectivity index (χ0v) is 20.9. The van der Waals surface area contributed by atoms with Gasteiger partial charge in [0.15, 0.2) is 5.75 Å². The summed E-state index contributed by atoms with van der Waals surface area (Å²) < 4.78 is 38.1. The van der Waals surface area contributed by atoms with Crippen LogP contribution in [0.15, 0.2) is 46.6 Å². The summed E-state index contributed by atoms with van der Waals surface area (Å²) in [6.45, 7) is 0.272. The first kappa shape index (κ1) is 28.7. The number of azo groups is 1. The van der Waals surface area contributed by atoms with Crippen molar-refractivity contribution < 1.29 is 36.6 Å². The summed E-state index contributed by atoms with van der Waals surface area (Å²) in [6, 6.07) is 9.47. The summed E-state index contributed by atoms with van der Waals surface area (Å²) >= 11 is 0. The number of nitro groups is 1. The molecular formula is C22H23N5O9S. The second-order valence-corrected chi connectivity index (χ2v) is 8.92. The number of ether oxygens (including phenoxy) is 2. The number of nitro benzene ring substituents is 1. The van der Waals surface area contributed by atoms with Crippen LogP contribution in [0.5, 0.6) is 5.75 Å². The lowest BCUT2D eigenvalue weighted by molar-refractivity contribution is -0.384. The van der Waals surface area contributed by atoms with Crippen molar-refractivity contribution in [2.75, 3.05) is 38.5 Å².